The van der Waals surface area contributed by atoms with Gasteiger partial charge in [-0.25, -0.2) is 22.5 Å². The van der Waals surface area contributed by atoms with Crippen LogP contribution in [0.15, 0.2) is 24.3 Å². The van der Waals surface area contributed by atoms with Crippen LogP contribution in [0.3, 0.4) is 0 Å². The van der Waals surface area contributed by atoms with Crippen LogP contribution in [-0.4, -0.2) is 61.1 Å². The van der Waals surface area contributed by atoms with Crippen molar-refractivity contribution in [2.45, 2.75) is 6.42 Å². The molecule has 1 saturated heterocycles. The lowest BCUT2D eigenvalue weighted by Gasteiger charge is -2.20. The molecule has 0 radical (unpaired) electrons. The first-order valence-electron chi connectivity index (χ1n) is 7.30. The van der Waals surface area contributed by atoms with Crippen LogP contribution in [0.4, 0.5) is 9.93 Å². The smallest absolute Gasteiger partial charge is 0.323 e. The lowest BCUT2D eigenvalue weighted by Crippen LogP contribution is -2.39. The first kappa shape index (κ1) is 16.2. The molecule has 0 unspecified atom stereocenters. The number of carbonyl (C=O) groups is 1. The number of nitrogens with zero attached hydrogens (tertiary/aromatic N) is 3. The molecule has 0 atom stereocenters. The Labute approximate surface area is 139 Å². The number of fused-ring (bicyclic) bond motifs is 1. The van der Waals surface area contributed by atoms with Crippen molar-refractivity contribution in [2.24, 2.45) is 0 Å². The van der Waals surface area contributed by atoms with Crippen molar-refractivity contribution in [3.8, 4) is 0 Å². The van der Waals surface area contributed by atoms with Gasteiger partial charge in [-0.1, -0.05) is 23.5 Å². The Kier molecular flexibility index (Phi) is 4.51. The highest BCUT2D eigenvalue weighted by Gasteiger charge is 2.24. The minimum atomic E-state index is -3.21. The minimum absolute atomic E-state index is 0.237. The number of nitrogens with one attached hydrogen (secondary N) is 1. The Hall–Kier alpha value is -1.71. The van der Waals surface area contributed by atoms with Crippen LogP contribution >= 0.6 is 11.3 Å². The van der Waals surface area contributed by atoms with E-state index in [1.54, 1.807) is 4.90 Å². The van der Waals surface area contributed by atoms with Gasteiger partial charge < -0.3 is 4.90 Å². The van der Waals surface area contributed by atoms with Crippen molar-refractivity contribution in [3.63, 3.8) is 0 Å². The van der Waals surface area contributed by atoms with Crippen LogP contribution in [0.1, 0.15) is 6.42 Å². The number of carbonyl (C=O) groups excluding carboxylic acids is 1. The van der Waals surface area contributed by atoms with Crippen LogP contribution in [0, 0.1) is 0 Å². The second-order valence-corrected chi connectivity index (χ2v) is 8.43. The maximum absolute atomic E-state index is 12.4. The number of sulfonamides is 1. The fourth-order valence-electron chi connectivity index (χ4n) is 2.52. The van der Waals surface area contributed by atoms with Crippen LogP contribution in [0.5, 0.6) is 0 Å². The Balaban J connectivity index is 1.66. The van der Waals surface area contributed by atoms with Gasteiger partial charge in [-0.3, -0.25) is 5.32 Å². The molecule has 1 fully saturated rings. The Morgan fingerprint density at radius 1 is 1.22 bits per heavy atom. The Morgan fingerprint density at radius 2 is 2.00 bits per heavy atom. The normalized spacial score (nSPS) is 17.2. The van der Waals surface area contributed by atoms with Gasteiger partial charge in [-0.2, -0.15) is 0 Å². The van der Waals surface area contributed by atoms with Crippen molar-refractivity contribution in [1.82, 2.24) is 14.2 Å². The number of anilines is 1. The van der Waals surface area contributed by atoms with Gasteiger partial charge >= 0.3 is 6.03 Å². The number of hydrogen-bond acceptors (Lipinski definition) is 5. The molecule has 1 aromatic carbocycles. The summed E-state index contributed by atoms with van der Waals surface area (Å²) in [5.41, 5.74) is 0.854. The molecule has 1 aliphatic heterocycles. The standard InChI is InChI=1S/C14H18N4O3S2/c1-23(20,21)18-8-4-7-17(9-10-18)14(19)16-13-15-11-5-2-3-6-12(11)22-13/h2-3,5-6H,4,7-10H2,1H3,(H,15,16,19). The summed E-state index contributed by atoms with van der Waals surface area (Å²) < 4.78 is 25.6. The van der Waals surface area contributed by atoms with Crippen molar-refractivity contribution in [3.05, 3.63) is 24.3 Å². The lowest BCUT2D eigenvalue weighted by atomic mass is 10.3. The van der Waals surface area contributed by atoms with Crippen LogP contribution in [-0.2, 0) is 10.0 Å². The van der Waals surface area contributed by atoms with E-state index in [-0.39, 0.29) is 6.03 Å². The third-order valence-electron chi connectivity index (χ3n) is 3.72. The summed E-state index contributed by atoms with van der Waals surface area (Å²) in [6.07, 6.45) is 1.82. The van der Waals surface area contributed by atoms with Gasteiger partial charge in [0.1, 0.15) is 0 Å². The molecule has 9 heteroatoms. The van der Waals surface area contributed by atoms with Gasteiger partial charge in [0.15, 0.2) is 5.13 Å². The molecule has 1 N–H and O–H groups in total. The number of amides is 2. The highest BCUT2D eigenvalue weighted by molar-refractivity contribution is 7.88. The predicted molar refractivity (Wildman–Crippen MR) is 91.2 cm³/mol. The van der Waals surface area contributed by atoms with E-state index in [0.29, 0.717) is 37.7 Å². The first-order valence-corrected chi connectivity index (χ1v) is 9.96. The molecular weight excluding hydrogens is 336 g/mol. The summed E-state index contributed by atoms with van der Waals surface area (Å²) in [7, 11) is -3.21. The lowest BCUT2D eigenvalue weighted by molar-refractivity contribution is 0.214. The van der Waals surface area contributed by atoms with Crippen LogP contribution in [0.25, 0.3) is 10.2 Å². The number of urea groups is 1. The zero-order valence-electron chi connectivity index (χ0n) is 12.7. The van der Waals surface area contributed by atoms with Crippen LogP contribution < -0.4 is 5.32 Å². The largest absolute Gasteiger partial charge is 0.323 e. The molecule has 2 aromatic rings. The van der Waals surface area contributed by atoms with Crippen molar-refractivity contribution in [1.29, 1.82) is 0 Å². The quantitative estimate of drug-likeness (QED) is 0.891. The number of rotatable bonds is 2. The minimum Gasteiger partial charge on any atom is -0.323 e. The van der Waals surface area contributed by atoms with E-state index in [4.69, 9.17) is 0 Å². The summed E-state index contributed by atoms with van der Waals surface area (Å²) in [6, 6.07) is 7.46. The number of thiazole rings is 1. The summed E-state index contributed by atoms with van der Waals surface area (Å²) >= 11 is 1.42. The van der Waals surface area contributed by atoms with Gasteiger partial charge in [-0.05, 0) is 18.6 Å². The molecule has 0 saturated carbocycles. The van der Waals surface area contributed by atoms with E-state index in [9.17, 15) is 13.2 Å². The molecule has 7 nitrogen and oxygen atoms in total. The van der Waals surface area contributed by atoms with Crippen molar-refractivity contribution in [2.75, 3.05) is 37.8 Å². The molecule has 2 heterocycles. The summed E-state index contributed by atoms with van der Waals surface area (Å²) in [4.78, 5) is 18.4. The SMILES string of the molecule is CS(=O)(=O)N1CCCN(C(=O)Nc2nc3ccccc3s2)CC1. The fraction of sp³-hybridized carbons (Fsp3) is 0.429. The molecule has 0 bridgehead atoms. The second kappa shape index (κ2) is 6.42. The summed E-state index contributed by atoms with van der Waals surface area (Å²) in [6.45, 7) is 1.68. The van der Waals surface area contributed by atoms with Gasteiger partial charge in [0.2, 0.25) is 10.0 Å². The summed E-state index contributed by atoms with van der Waals surface area (Å²) in [5.74, 6) is 0. The highest BCUT2D eigenvalue weighted by Crippen LogP contribution is 2.25. The van der Waals surface area contributed by atoms with Gasteiger partial charge in [0.05, 0.1) is 16.5 Å². The van der Waals surface area contributed by atoms with Crippen molar-refractivity contribution >= 4 is 42.7 Å². The van der Waals surface area contributed by atoms with E-state index in [1.165, 1.54) is 21.9 Å². The maximum atomic E-state index is 12.4. The third kappa shape index (κ3) is 3.80. The molecule has 1 aromatic heterocycles. The van der Waals surface area contributed by atoms with E-state index in [2.05, 4.69) is 10.3 Å². The topological polar surface area (TPSA) is 82.6 Å². The molecular formula is C14H18N4O3S2. The fourth-order valence-corrected chi connectivity index (χ4v) is 4.25. The summed E-state index contributed by atoms with van der Waals surface area (Å²) in [5, 5.41) is 3.36. The number of para-hydroxylation sites is 1. The third-order valence-corrected chi connectivity index (χ3v) is 5.97. The zero-order chi connectivity index (χ0) is 16.4. The molecule has 2 amide bonds. The second-order valence-electron chi connectivity index (χ2n) is 5.42. The average Bonchev–Trinajstić information content (AvgIpc) is 2.72. The molecule has 124 valence electrons. The Morgan fingerprint density at radius 3 is 2.74 bits per heavy atom. The van der Waals surface area contributed by atoms with Crippen molar-refractivity contribution < 1.29 is 13.2 Å². The highest BCUT2D eigenvalue weighted by atomic mass is 32.2. The predicted octanol–water partition coefficient (Wildman–Crippen LogP) is 1.80. The maximum Gasteiger partial charge on any atom is 0.323 e. The van der Waals surface area contributed by atoms with Gasteiger partial charge in [0, 0.05) is 26.2 Å². The number of hydrogen-bond donors (Lipinski definition) is 1. The zero-order valence-corrected chi connectivity index (χ0v) is 14.4. The van der Waals surface area contributed by atoms with Crippen LogP contribution in [0.2, 0.25) is 0 Å². The van der Waals surface area contributed by atoms with E-state index >= 15 is 0 Å². The molecule has 0 spiro atoms. The number of aromatic nitrogens is 1. The molecule has 0 aliphatic carbocycles. The molecule has 3 rings (SSSR count). The van der Waals surface area contributed by atoms with E-state index in [1.807, 2.05) is 24.3 Å². The average molecular weight is 354 g/mol. The van der Waals surface area contributed by atoms with Gasteiger partial charge in [-0.15, -0.1) is 0 Å². The molecule has 23 heavy (non-hydrogen) atoms. The molecule has 1 aliphatic rings. The van der Waals surface area contributed by atoms with E-state index < -0.39 is 10.0 Å². The first-order chi connectivity index (χ1) is 10.9. The van der Waals surface area contributed by atoms with Gasteiger partial charge in [0.25, 0.3) is 0 Å². The monoisotopic (exact) mass is 354 g/mol. The van der Waals surface area contributed by atoms with E-state index in [0.717, 1.165) is 10.2 Å². The number of benzene rings is 1. The Bertz CT molecular complexity index is 785.